The molecule has 136 valence electrons. The third-order valence-corrected chi connectivity index (χ3v) is 4.80. The summed E-state index contributed by atoms with van der Waals surface area (Å²) in [7, 11) is 0. The molecule has 1 atom stereocenters. The first-order chi connectivity index (χ1) is 12.4. The Hall–Kier alpha value is -2.81. The van der Waals surface area contributed by atoms with Crippen LogP contribution in [0.15, 0.2) is 24.3 Å². The van der Waals surface area contributed by atoms with E-state index < -0.39 is 4.92 Å². The largest absolute Gasteiger partial charge is 0.312 e. The first-order valence-corrected chi connectivity index (χ1v) is 8.73. The van der Waals surface area contributed by atoms with Crippen molar-refractivity contribution in [3.63, 3.8) is 0 Å². The number of aromatic amines is 1. The molecule has 9 heteroatoms. The molecule has 0 saturated carbocycles. The maximum Gasteiger partial charge on any atom is 0.312 e. The summed E-state index contributed by atoms with van der Waals surface area (Å²) in [4.78, 5) is 10.9. The molecule has 0 fully saturated rings. The molecule has 1 unspecified atom stereocenters. The molecule has 3 aromatic rings. The normalized spacial score (nSPS) is 12.3. The van der Waals surface area contributed by atoms with Crippen molar-refractivity contribution in [1.29, 1.82) is 0 Å². The van der Waals surface area contributed by atoms with Crippen molar-refractivity contribution in [1.82, 2.24) is 24.5 Å². The van der Waals surface area contributed by atoms with Gasteiger partial charge in [0.25, 0.3) is 0 Å². The van der Waals surface area contributed by atoms with Gasteiger partial charge in [-0.3, -0.25) is 24.5 Å². The van der Waals surface area contributed by atoms with E-state index in [4.69, 9.17) is 12.2 Å². The Balaban J connectivity index is 2.17. The van der Waals surface area contributed by atoms with Crippen LogP contribution >= 0.6 is 12.2 Å². The molecule has 1 N–H and O–H groups in total. The number of aryl methyl sites for hydroxylation is 2. The average molecular weight is 372 g/mol. The van der Waals surface area contributed by atoms with Crippen LogP contribution in [0.1, 0.15) is 42.7 Å². The van der Waals surface area contributed by atoms with Gasteiger partial charge in [0.15, 0.2) is 10.6 Å². The SMILES string of the molecule is CCc1ccccc1-n1c(C(C)n2nc(C)c([N+](=O)[O-])c2C)n[nH]c1=S. The van der Waals surface area contributed by atoms with Gasteiger partial charge in [0, 0.05) is 0 Å². The first-order valence-electron chi connectivity index (χ1n) is 8.32. The van der Waals surface area contributed by atoms with Gasteiger partial charge >= 0.3 is 5.69 Å². The Morgan fingerprint density at radius 2 is 2.04 bits per heavy atom. The lowest BCUT2D eigenvalue weighted by Gasteiger charge is -2.16. The fraction of sp³-hybridized carbons (Fsp3) is 0.353. The molecule has 8 nitrogen and oxygen atoms in total. The second-order valence-corrected chi connectivity index (χ2v) is 6.49. The van der Waals surface area contributed by atoms with E-state index in [0.29, 0.717) is 22.0 Å². The molecule has 2 heterocycles. The van der Waals surface area contributed by atoms with Crippen molar-refractivity contribution in [3.05, 3.63) is 61.9 Å². The van der Waals surface area contributed by atoms with Crippen molar-refractivity contribution >= 4 is 17.9 Å². The van der Waals surface area contributed by atoms with Gasteiger partial charge in [-0.1, -0.05) is 25.1 Å². The van der Waals surface area contributed by atoms with Crippen molar-refractivity contribution in [2.24, 2.45) is 0 Å². The minimum Gasteiger partial charge on any atom is -0.270 e. The number of benzene rings is 1. The first kappa shape index (κ1) is 18.0. The Labute approximate surface area is 155 Å². The van der Waals surface area contributed by atoms with Crippen LogP contribution in [0.4, 0.5) is 5.69 Å². The van der Waals surface area contributed by atoms with Crippen molar-refractivity contribution in [2.75, 3.05) is 0 Å². The highest BCUT2D eigenvalue weighted by Crippen LogP contribution is 2.28. The van der Waals surface area contributed by atoms with Crippen LogP contribution < -0.4 is 0 Å². The highest BCUT2D eigenvalue weighted by atomic mass is 32.1. The average Bonchev–Trinajstić information content (AvgIpc) is 3.13. The molecule has 0 radical (unpaired) electrons. The lowest BCUT2D eigenvalue weighted by atomic mass is 10.1. The molecular formula is C17H20N6O2S. The Morgan fingerprint density at radius 3 is 2.65 bits per heavy atom. The molecule has 0 aliphatic carbocycles. The molecule has 26 heavy (non-hydrogen) atoms. The number of nitro groups is 1. The second kappa shape index (κ2) is 6.83. The highest BCUT2D eigenvalue weighted by molar-refractivity contribution is 7.71. The summed E-state index contributed by atoms with van der Waals surface area (Å²) >= 11 is 5.44. The molecule has 0 spiro atoms. The summed E-state index contributed by atoms with van der Waals surface area (Å²) < 4.78 is 3.98. The second-order valence-electron chi connectivity index (χ2n) is 6.10. The van der Waals surface area contributed by atoms with Crippen LogP contribution in [0.2, 0.25) is 0 Å². The van der Waals surface area contributed by atoms with E-state index in [0.717, 1.165) is 17.7 Å². The lowest BCUT2D eigenvalue weighted by molar-refractivity contribution is -0.386. The van der Waals surface area contributed by atoms with Gasteiger partial charge in [-0.25, -0.2) is 0 Å². The summed E-state index contributed by atoms with van der Waals surface area (Å²) in [5.74, 6) is 0.649. The van der Waals surface area contributed by atoms with Crippen LogP contribution in [0, 0.1) is 28.7 Å². The van der Waals surface area contributed by atoms with E-state index in [2.05, 4.69) is 22.2 Å². The van der Waals surface area contributed by atoms with E-state index >= 15 is 0 Å². The van der Waals surface area contributed by atoms with Crippen LogP contribution in [-0.4, -0.2) is 29.5 Å². The van der Waals surface area contributed by atoms with Crippen LogP contribution in [-0.2, 0) is 6.42 Å². The Morgan fingerprint density at radius 1 is 1.35 bits per heavy atom. The quantitative estimate of drug-likeness (QED) is 0.417. The number of para-hydroxylation sites is 1. The van der Waals surface area contributed by atoms with Gasteiger partial charge in [0.05, 0.1) is 10.6 Å². The summed E-state index contributed by atoms with van der Waals surface area (Å²) in [5.41, 5.74) is 2.99. The zero-order chi connectivity index (χ0) is 19.0. The van der Waals surface area contributed by atoms with Crippen molar-refractivity contribution in [2.45, 2.75) is 40.2 Å². The number of hydrogen-bond acceptors (Lipinski definition) is 5. The van der Waals surface area contributed by atoms with Gasteiger partial charge in [-0.2, -0.15) is 10.2 Å². The summed E-state index contributed by atoms with van der Waals surface area (Å²) in [5, 5.41) is 22.9. The van der Waals surface area contributed by atoms with E-state index in [1.54, 1.807) is 18.5 Å². The Kier molecular flexibility index (Phi) is 4.73. The third kappa shape index (κ3) is 2.84. The lowest BCUT2D eigenvalue weighted by Crippen LogP contribution is -2.16. The standard InChI is InChI=1S/C17H20N6O2S/c1-5-13-8-6-7-9-14(13)21-16(18-19-17(21)26)12(4)22-11(3)15(23(24)25)10(2)20-22/h6-9,12H,5H2,1-4H3,(H,19,26). The minimum atomic E-state index is -0.398. The number of aromatic nitrogens is 5. The minimum absolute atomic E-state index is 0.0338. The molecule has 0 saturated heterocycles. The third-order valence-electron chi connectivity index (χ3n) is 4.52. The monoisotopic (exact) mass is 372 g/mol. The molecule has 0 bridgehead atoms. The summed E-state index contributed by atoms with van der Waals surface area (Å²) in [6.07, 6.45) is 0.850. The van der Waals surface area contributed by atoms with E-state index in [9.17, 15) is 10.1 Å². The molecular weight excluding hydrogens is 352 g/mol. The number of nitrogens with one attached hydrogen (secondary N) is 1. The van der Waals surface area contributed by atoms with Gasteiger partial charge in [-0.15, -0.1) is 0 Å². The van der Waals surface area contributed by atoms with Gasteiger partial charge in [-0.05, 0) is 51.0 Å². The van der Waals surface area contributed by atoms with Crippen molar-refractivity contribution < 1.29 is 4.92 Å². The predicted molar refractivity (Wildman–Crippen MR) is 100 cm³/mol. The molecule has 0 aliphatic heterocycles. The maximum absolute atomic E-state index is 11.3. The van der Waals surface area contributed by atoms with Gasteiger partial charge in [0.2, 0.25) is 0 Å². The smallest absolute Gasteiger partial charge is 0.270 e. The predicted octanol–water partition coefficient (Wildman–Crippen LogP) is 3.82. The summed E-state index contributed by atoms with van der Waals surface area (Å²) in [6, 6.07) is 7.64. The molecule has 3 rings (SSSR count). The zero-order valence-corrected chi connectivity index (χ0v) is 15.9. The number of nitrogens with zero attached hydrogens (tertiary/aromatic N) is 5. The Bertz CT molecular complexity index is 1030. The van der Waals surface area contributed by atoms with Gasteiger partial charge < -0.3 is 0 Å². The van der Waals surface area contributed by atoms with E-state index in [-0.39, 0.29) is 11.7 Å². The molecule has 2 aromatic heterocycles. The van der Waals surface area contributed by atoms with E-state index in [1.807, 2.05) is 35.8 Å². The fourth-order valence-corrected chi connectivity index (χ4v) is 3.49. The fourth-order valence-electron chi connectivity index (χ4n) is 3.26. The molecule has 0 aliphatic rings. The van der Waals surface area contributed by atoms with Crippen molar-refractivity contribution in [3.8, 4) is 5.69 Å². The maximum atomic E-state index is 11.3. The number of H-pyrrole nitrogens is 1. The topological polar surface area (TPSA) is 94.6 Å². The van der Waals surface area contributed by atoms with Gasteiger partial charge in [0.1, 0.15) is 17.4 Å². The van der Waals surface area contributed by atoms with Crippen LogP contribution in [0.5, 0.6) is 0 Å². The highest BCUT2D eigenvalue weighted by Gasteiger charge is 2.27. The van der Waals surface area contributed by atoms with Crippen LogP contribution in [0.25, 0.3) is 5.69 Å². The molecule has 0 amide bonds. The van der Waals surface area contributed by atoms with E-state index in [1.165, 1.54) is 0 Å². The number of rotatable bonds is 5. The number of hydrogen-bond donors (Lipinski definition) is 1. The van der Waals surface area contributed by atoms with Crippen LogP contribution in [0.3, 0.4) is 0 Å². The zero-order valence-electron chi connectivity index (χ0n) is 15.1. The summed E-state index contributed by atoms with van der Waals surface area (Å²) in [6.45, 7) is 7.31. The molecule has 1 aromatic carbocycles.